The number of para-hydroxylation sites is 1. The van der Waals surface area contributed by atoms with Gasteiger partial charge in [0.05, 0.1) is 14.2 Å². The fourth-order valence-electron chi connectivity index (χ4n) is 3.83. The van der Waals surface area contributed by atoms with Crippen molar-refractivity contribution in [3.63, 3.8) is 0 Å². The Morgan fingerprint density at radius 2 is 1.78 bits per heavy atom. The smallest absolute Gasteiger partial charge is 0.165 e. The minimum Gasteiger partial charge on any atom is -0.493 e. The van der Waals surface area contributed by atoms with E-state index in [1.165, 1.54) is 17.7 Å². The maximum absolute atomic E-state index is 13.0. The molecule has 0 bridgehead atoms. The third kappa shape index (κ3) is 4.96. The minimum absolute atomic E-state index is 0.134. The van der Waals surface area contributed by atoms with Crippen molar-refractivity contribution in [1.82, 2.24) is 4.90 Å². The zero-order valence-corrected chi connectivity index (χ0v) is 16.9. The number of piperidine rings is 1. The van der Waals surface area contributed by atoms with Crippen LogP contribution in [0.2, 0.25) is 0 Å². The number of ether oxygens (including phenoxy) is 2. The lowest BCUT2D eigenvalue weighted by atomic mass is 9.89. The van der Waals surface area contributed by atoms with Crippen LogP contribution in [0.1, 0.15) is 29.2 Å². The van der Waals surface area contributed by atoms with Crippen molar-refractivity contribution in [2.24, 2.45) is 5.92 Å². The minimum atomic E-state index is -0.174. The average molecular weight is 390 g/mol. The molecular formula is C22H28FNO2S. The summed E-state index contributed by atoms with van der Waals surface area (Å²) in [6.07, 6.45) is 3.18. The normalized spacial score (nSPS) is 16.9. The van der Waals surface area contributed by atoms with Gasteiger partial charge in [-0.05, 0) is 62.0 Å². The van der Waals surface area contributed by atoms with E-state index in [4.69, 9.17) is 22.1 Å². The van der Waals surface area contributed by atoms with Crippen LogP contribution in [0.5, 0.6) is 11.5 Å². The van der Waals surface area contributed by atoms with E-state index in [1.54, 1.807) is 14.2 Å². The Bertz CT molecular complexity index is 730. The number of nitrogens with zero attached hydrogens (tertiary/aromatic N) is 1. The van der Waals surface area contributed by atoms with Crippen LogP contribution in [0.3, 0.4) is 0 Å². The van der Waals surface area contributed by atoms with E-state index >= 15 is 0 Å². The highest BCUT2D eigenvalue weighted by Gasteiger charge is 2.28. The summed E-state index contributed by atoms with van der Waals surface area (Å²) in [5, 5.41) is 0.134. The molecule has 1 unspecified atom stereocenters. The lowest BCUT2D eigenvalue weighted by molar-refractivity contribution is 0.184. The van der Waals surface area contributed by atoms with Gasteiger partial charge in [-0.1, -0.05) is 24.3 Å². The fourth-order valence-corrected chi connectivity index (χ4v) is 4.33. The summed E-state index contributed by atoms with van der Waals surface area (Å²) >= 11 is 4.93. The largest absolute Gasteiger partial charge is 0.493 e. The van der Waals surface area contributed by atoms with Crippen LogP contribution in [-0.2, 0) is 6.42 Å². The molecule has 2 aromatic rings. The van der Waals surface area contributed by atoms with E-state index < -0.39 is 0 Å². The Kier molecular flexibility index (Phi) is 7.02. The summed E-state index contributed by atoms with van der Waals surface area (Å²) in [4.78, 5) is 2.49. The van der Waals surface area contributed by atoms with Crippen LogP contribution in [-0.4, -0.2) is 38.8 Å². The fraction of sp³-hybridized carbons (Fsp3) is 0.455. The van der Waals surface area contributed by atoms with E-state index in [-0.39, 0.29) is 11.1 Å². The van der Waals surface area contributed by atoms with Crippen molar-refractivity contribution in [2.45, 2.75) is 24.5 Å². The lowest BCUT2D eigenvalue weighted by Gasteiger charge is -2.35. The van der Waals surface area contributed by atoms with Gasteiger partial charge in [-0.15, -0.1) is 0 Å². The molecule has 1 aliphatic heterocycles. The Morgan fingerprint density at radius 3 is 2.41 bits per heavy atom. The first-order chi connectivity index (χ1) is 13.1. The molecule has 0 spiro atoms. The molecule has 5 heteroatoms. The molecule has 1 atom stereocenters. The van der Waals surface area contributed by atoms with Gasteiger partial charge < -0.3 is 14.4 Å². The number of hydrogen-bond donors (Lipinski definition) is 1. The molecule has 146 valence electrons. The van der Waals surface area contributed by atoms with Crippen molar-refractivity contribution >= 4 is 12.6 Å². The quantitative estimate of drug-likeness (QED) is 0.690. The van der Waals surface area contributed by atoms with Crippen molar-refractivity contribution in [3.05, 3.63) is 59.4 Å². The van der Waals surface area contributed by atoms with Crippen LogP contribution < -0.4 is 9.47 Å². The third-order valence-electron chi connectivity index (χ3n) is 5.46. The summed E-state index contributed by atoms with van der Waals surface area (Å²) in [5.74, 6) is 1.88. The van der Waals surface area contributed by atoms with Gasteiger partial charge in [0.1, 0.15) is 5.82 Å². The summed E-state index contributed by atoms with van der Waals surface area (Å²) < 4.78 is 24.0. The van der Waals surface area contributed by atoms with Gasteiger partial charge in [-0.2, -0.15) is 12.6 Å². The number of rotatable bonds is 7. The number of thiol groups is 1. The molecule has 0 aromatic heterocycles. The molecule has 27 heavy (non-hydrogen) atoms. The van der Waals surface area contributed by atoms with Gasteiger partial charge in [-0.25, -0.2) is 4.39 Å². The first-order valence-electron chi connectivity index (χ1n) is 9.48. The van der Waals surface area contributed by atoms with E-state index in [9.17, 15) is 4.39 Å². The third-order valence-corrected chi connectivity index (χ3v) is 6.16. The first kappa shape index (κ1) is 20.0. The number of methoxy groups -OCH3 is 2. The number of halogens is 1. The molecule has 2 aromatic carbocycles. The highest BCUT2D eigenvalue weighted by Crippen LogP contribution is 2.43. The number of benzene rings is 2. The summed E-state index contributed by atoms with van der Waals surface area (Å²) in [7, 11) is 3.34. The van der Waals surface area contributed by atoms with E-state index in [1.807, 2.05) is 24.3 Å². The van der Waals surface area contributed by atoms with E-state index in [2.05, 4.69) is 11.0 Å². The monoisotopic (exact) mass is 389 g/mol. The molecular weight excluding hydrogens is 361 g/mol. The van der Waals surface area contributed by atoms with Crippen LogP contribution in [0, 0.1) is 11.7 Å². The predicted octanol–water partition coefficient (Wildman–Crippen LogP) is 4.77. The van der Waals surface area contributed by atoms with Crippen molar-refractivity contribution in [3.8, 4) is 11.5 Å². The maximum atomic E-state index is 13.0. The van der Waals surface area contributed by atoms with Gasteiger partial charge in [0.25, 0.3) is 0 Å². The van der Waals surface area contributed by atoms with Crippen LogP contribution in [0.15, 0.2) is 42.5 Å². The molecule has 1 saturated heterocycles. The van der Waals surface area contributed by atoms with Crippen molar-refractivity contribution < 1.29 is 13.9 Å². The highest BCUT2D eigenvalue weighted by atomic mass is 32.1. The molecule has 0 radical (unpaired) electrons. The highest BCUT2D eigenvalue weighted by molar-refractivity contribution is 7.80. The number of hydrogen-bond acceptors (Lipinski definition) is 4. The second-order valence-electron chi connectivity index (χ2n) is 7.08. The van der Waals surface area contributed by atoms with E-state index in [0.717, 1.165) is 56.0 Å². The second-order valence-corrected chi connectivity index (χ2v) is 7.64. The van der Waals surface area contributed by atoms with Crippen molar-refractivity contribution in [1.29, 1.82) is 0 Å². The van der Waals surface area contributed by atoms with Crippen LogP contribution in [0.4, 0.5) is 4.39 Å². The zero-order valence-electron chi connectivity index (χ0n) is 16.0. The molecule has 0 amide bonds. The Hall–Kier alpha value is -1.72. The molecule has 3 rings (SSSR count). The Balaban J connectivity index is 1.55. The second kappa shape index (κ2) is 9.47. The van der Waals surface area contributed by atoms with Gasteiger partial charge in [-0.3, -0.25) is 0 Å². The summed E-state index contributed by atoms with van der Waals surface area (Å²) in [6, 6.07) is 12.8. The van der Waals surface area contributed by atoms with Crippen molar-refractivity contribution in [2.75, 3.05) is 33.9 Å². The Labute approximate surface area is 166 Å². The molecule has 1 fully saturated rings. The zero-order chi connectivity index (χ0) is 19.2. The topological polar surface area (TPSA) is 21.7 Å². The average Bonchev–Trinajstić information content (AvgIpc) is 2.72. The van der Waals surface area contributed by atoms with E-state index in [0.29, 0.717) is 5.92 Å². The molecule has 1 heterocycles. The van der Waals surface area contributed by atoms with Crippen LogP contribution >= 0.6 is 12.6 Å². The summed E-state index contributed by atoms with van der Waals surface area (Å²) in [5.41, 5.74) is 2.29. The number of likely N-dealkylation sites (tertiary alicyclic amines) is 1. The molecule has 1 aliphatic rings. The maximum Gasteiger partial charge on any atom is 0.165 e. The van der Waals surface area contributed by atoms with Gasteiger partial charge in [0, 0.05) is 17.4 Å². The molecule has 0 aliphatic carbocycles. The standard InChI is InChI=1S/C22H28FNO2S/c1-25-20-5-3-4-19(21(20)26-2)22(27)17-11-14-24(15-12-17)13-10-16-6-8-18(23)9-7-16/h3-9,17,22,27H,10-15H2,1-2H3. The first-order valence-corrected chi connectivity index (χ1v) is 9.99. The SMILES string of the molecule is COc1cccc(C(S)C2CCN(CCc3ccc(F)cc3)CC2)c1OC. The Morgan fingerprint density at radius 1 is 1.07 bits per heavy atom. The summed E-state index contributed by atoms with van der Waals surface area (Å²) in [6.45, 7) is 3.14. The molecule has 0 N–H and O–H groups in total. The van der Waals surface area contributed by atoms with Gasteiger partial charge in [0.2, 0.25) is 0 Å². The van der Waals surface area contributed by atoms with Gasteiger partial charge in [0.15, 0.2) is 11.5 Å². The lowest BCUT2D eigenvalue weighted by Crippen LogP contribution is -2.36. The molecule has 0 saturated carbocycles. The van der Waals surface area contributed by atoms with Gasteiger partial charge >= 0.3 is 0 Å². The van der Waals surface area contributed by atoms with Crippen LogP contribution in [0.25, 0.3) is 0 Å². The molecule has 3 nitrogen and oxygen atoms in total. The predicted molar refractivity (Wildman–Crippen MR) is 111 cm³/mol.